The van der Waals surface area contributed by atoms with Gasteiger partial charge in [-0.3, -0.25) is 0 Å². The molecule has 1 heterocycles. The van der Waals surface area contributed by atoms with Gasteiger partial charge in [-0.2, -0.15) is 4.31 Å². The Labute approximate surface area is 129 Å². The summed E-state index contributed by atoms with van der Waals surface area (Å²) in [7, 11) is -3.69. The number of rotatable bonds is 2. The van der Waals surface area contributed by atoms with E-state index in [4.69, 9.17) is 28.9 Å². The lowest BCUT2D eigenvalue weighted by atomic mass is 9.94. The molecule has 1 aliphatic heterocycles. The predicted molar refractivity (Wildman–Crippen MR) is 82.6 cm³/mol. The van der Waals surface area contributed by atoms with Crippen molar-refractivity contribution in [2.45, 2.75) is 25.2 Å². The molecule has 2 unspecified atom stereocenters. The van der Waals surface area contributed by atoms with Crippen molar-refractivity contribution in [1.82, 2.24) is 4.31 Å². The maximum absolute atomic E-state index is 12.7. The highest BCUT2D eigenvalue weighted by Gasteiger charge is 2.34. The van der Waals surface area contributed by atoms with Gasteiger partial charge >= 0.3 is 0 Å². The van der Waals surface area contributed by atoms with Gasteiger partial charge in [-0.25, -0.2) is 8.42 Å². The highest BCUT2D eigenvalue weighted by atomic mass is 35.5. The maximum Gasteiger partial charge on any atom is 0.246 e. The molecular weight excluding hydrogens is 319 g/mol. The van der Waals surface area contributed by atoms with Crippen LogP contribution in [0.2, 0.25) is 10.0 Å². The number of hydrogen-bond donors (Lipinski definition) is 1. The Morgan fingerprint density at radius 2 is 1.75 bits per heavy atom. The smallest absolute Gasteiger partial charge is 0.246 e. The van der Waals surface area contributed by atoms with Crippen molar-refractivity contribution < 1.29 is 8.42 Å². The van der Waals surface area contributed by atoms with Crippen molar-refractivity contribution in [2.75, 3.05) is 18.8 Å². The molecule has 0 amide bonds. The minimum Gasteiger partial charge on any atom is -0.398 e. The van der Waals surface area contributed by atoms with Gasteiger partial charge in [0.15, 0.2) is 0 Å². The number of hydrogen-bond acceptors (Lipinski definition) is 3. The van der Waals surface area contributed by atoms with E-state index >= 15 is 0 Å². The Bertz CT molecular complexity index is 586. The number of halogens is 2. The molecule has 0 spiro atoms. The monoisotopic (exact) mass is 336 g/mol. The summed E-state index contributed by atoms with van der Waals surface area (Å²) >= 11 is 11.9. The maximum atomic E-state index is 12.7. The number of nitrogens with two attached hydrogens (primary N) is 1. The highest BCUT2D eigenvalue weighted by molar-refractivity contribution is 7.89. The van der Waals surface area contributed by atoms with Gasteiger partial charge in [0.25, 0.3) is 0 Å². The fraction of sp³-hybridized carbons (Fsp3) is 0.538. The van der Waals surface area contributed by atoms with Gasteiger partial charge in [-0.1, -0.05) is 37.0 Å². The zero-order valence-corrected chi connectivity index (χ0v) is 13.8. The first-order valence-corrected chi connectivity index (χ1v) is 8.66. The van der Waals surface area contributed by atoms with E-state index in [1.165, 1.54) is 16.4 Å². The summed E-state index contributed by atoms with van der Waals surface area (Å²) in [6, 6.07) is 2.82. The van der Waals surface area contributed by atoms with Gasteiger partial charge < -0.3 is 5.73 Å². The van der Waals surface area contributed by atoms with E-state index < -0.39 is 10.0 Å². The largest absolute Gasteiger partial charge is 0.398 e. The van der Waals surface area contributed by atoms with Gasteiger partial charge in [-0.15, -0.1) is 0 Å². The summed E-state index contributed by atoms with van der Waals surface area (Å²) in [5.74, 6) is 0.640. The average molecular weight is 337 g/mol. The van der Waals surface area contributed by atoms with Gasteiger partial charge in [0, 0.05) is 18.1 Å². The molecule has 1 fully saturated rings. The van der Waals surface area contributed by atoms with Crippen LogP contribution in [0.15, 0.2) is 17.0 Å². The van der Waals surface area contributed by atoms with Crippen LogP contribution in [0.3, 0.4) is 0 Å². The van der Waals surface area contributed by atoms with Gasteiger partial charge in [0.05, 0.1) is 10.7 Å². The Kier molecular flexibility index (Phi) is 4.54. The third kappa shape index (κ3) is 3.06. The predicted octanol–water partition coefficient (Wildman–Crippen LogP) is 3.24. The van der Waals surface area contributed by atoms with Crippen LogP contribution in [-0.4, -0.2) is 25.8 Å². The number of benzene rings is 1. The second kappa shape index (κ2) is 5.72. The molecule has 2 atom stereocenters. The van der Waals surface area contributed by atoms with Crippen LogP contribution in [0.4, 0.5) is 5.69 Å². The first-order chi connectivity index (χ1) is 9.21. The SMILES string of the molecule is CC1CC(C)CN(S(=O)(=O)c2c(N)cc(Cl)cc2Cl)C1. The molecule has 4 nitrogen and oxygen atoms in total. The van der Waals surface area contributed by atoms with Crippen LogP contribution in [0.25, 0.3) is 0 Å². The summed E-state index contributed by atoms with van der Waals surface area (Å²) < 4.78 is 27.0. The Balaban J connectivity index is 2.45. The summed E-state index contributed by atoms with van der Waals surface area (Å²) in [5, 5.41) is 0.396. The lowest BCUT2D eigenvalue weighted by Gasteiger charge is -2.34. The molecular formula is C13H18Cl2N2O2S. The molecule has 112 valence electrons. The van der Waals surface area contributed by atoms with Crippen LogP contribution < -0.4 is 5.73 Å². The fourth-order valence-electron chi connectivity index (χ4n) is 2.78. The molecule has 0 aromatic heterocycles. The lowest BCUT2D eigenvalue weighted by Crippen LogP contribution is -2.42. The lowest BCUT2D eigenvalue weighted by molar-refractivity contribution is 0.222. The van der Waals surface area contributed by atoms with E-state index in [9.17, 15) is 8.42 Å². The third-order valence-corrected chi connectivity index (χ3v) is 6.05. The van der Waals surface area contributed by atoms with Crippen LogP contribution >= 0.6 is 23.2 Å². The Morgan fingerprint density at radius 1 is 1.20 bits per heavy atom. The van der Waals surface area contributed by atoms with Gasteiger partial charge in [-0.05, 0) is 30.4 Å². The molecule has 1 aromatic rings. The van der Waals surface area contributed by atoms with E-state index in [1.54, 1.807) is 0 Å². The molecule has 20 heavy (non-hydrogen) atoms. The number of piperidine rings is 1. The first kappa shape index (κ1) is 15.9. The number of nitrogen functional groups attached to an aromatic ring is 1. The summed E-state index contributed by atoms with van der Waals surface area (Å²) in [6.07, 6.45) is 1.02. The van der Waals surface area contributed by atoms with Gasteiger partial charge in [0.1, 0.15) is 4.90 Å². The topological polar surface area (TPSA) is 63.4 Å². The molecule has 2 rings (SSSR count). The first-order valence-electron chi connectivity index (χ1n) is 6.46. The normalized spacial score (nSPS) is 24.8. The molecule has 1 aliphatic rings. The molecule has 1 aromatic carbocycles. The number of nitrogens with zero attached hydrogens (tertiary/aromatic N) is 1. The van der Waals surface area contributed by atoms with Crippen molar-refractivity contribution in [1.29, 1.82) is 0 Å². The van der Waals surface area contributed by atoms with E-state index in [-0.39, 0.29) is 15.6 Å². The van der Waals surface area contributed by atoms with Crippen LogP contribution in [0, 0.1) is 11.8 Å². The molecule has 2 N–H and O–H groups in total. The average Bonchev–Trinajstić information content (AvgIpc) is 2.25. The van der Waals surface area contributed by atoms with Crippen molar-refractivity contribution in [3.63, 3.8) is 0 Å². The van der Waals surface area contributed by atoms with Crippen LogP contribution in [-0.2, 0) is 10.0 Å². The quantitative estimate of drug-likeness (QED) is 0.843. The van der Waals surface area contributed by atoms with Crippen LogP contribution in [0.1, 0.15) is 20.3 Å². The highest BCUT2D eigenvalue weighted by Crippen LogP contribution is 2.35. The van der Waals surface area contributed by atoms with Crippen LogP contribution in [0.5, 0.6) is 0 Å². The molecule has 0 bridgehead atoms. The number of anilines is 1. The second-order valence-corrected chi connectivity index (χ2v) is 8.29. The second-order valence-electron chi connectivity index (χ2n) is 5.57. The Hall–Kier alpha value is -0.490. The molecule has 1 saturated heterocycles. The summed E-state index contributed by atoms with van der Waals surface area (Å²) in [5.41, 5.74) is 5.90. The van der Waals surface area contributed by atoms with Crippen molar-refractivity contribution in [3.8, 4) is 0 Å². The van der Waals surface area contributed by atoms with E-state index in [2.05, 4.69) is 0 Å². The third-order valence-electron chi connectivity index (χ3n) is 3.47. The molecule has 7 heteroatoms. The fourth-order valence-corrected chi connectivity index (χ4v) is 5.41. The van der Waals surface area contributed by atoms with Gasteiger partial charge in [0.2, 0.25) is 10.0 Å². The zero-order chi connectivity index (χ0) is 15.1. The van der Waals surface area contributed by atoms with E-state index in [1.807, 2.05) is 13.8 Å². The van der Waals surface area contributed by atoms with Crippen molar-refractivity contribution in [2.24, 2.45) is 11.8 Å². The zero-order valence-electron chi connectivity index (χ0n) is 11.4. The van der Waals surface area contributed by atoms with E-state index in [0.717, 1.165) is 6.42 Å². The minimum atomic E-state index is -3.69. The minimum absolute atomic E-state index is 0.0372. The molecule has 0 radical (unpaired) electrons. The molecule has 0 aliphatic carbocycles. The summed E-state index contributed by atoms with van der Waals surface area (Å²) in [4.78, 5) is -0.0372. The van der Waals surface area contributed by atoms with Crippen molar-refractivity contribution >= 4 is 38.9 Å². The summed E-state index contributed by atoms with van der Waals surface area (Å²) in [6.45, 7) is 5.08. The van der Waals surface area contributed by atoms with E-state index in [0.29, 0.717) is 29.9 Å². The van der Waals surface area contributed by atoms with Crippen molar-refractivity contribution in [3.05, 3.63) is 22.2 Å². The number of sulfonamides is 1. The Morgan fingerprint density at radius 3 is 2.25 bits per heavy atom. The standard InChI is InChI=1S/C13H18Cl2N2O2S/c1-8-3-9(2)7-17(6-8)20(18,19)13-11(15)4-10(14)5-12(13)16/h4-5,8-9H,3,6-7,16H2,1-2H3. The molecule has 0 saturated carbocycles.